The summed E-state index contributed by atoms with van der Waals surface area (Å²) in [6.45, 7) is 7.16. The number of benzene rings is 1. The van der Waals surface area contributed by atoms with Crippen molar-refractivity contribution in [3.8, 4) is 0 Å². The fourth-order valence-corrected chi connectivity index (χ4v) is 10.5. The molecule has 0 unspecified atom stereocenters. The first kappa shape index (κ1) is 34.6. The molecular formula is C43H59NO5. The maximum atomic E-state index is 12.6. The van der Waals surface area contributed by atoms with Gasteiger partial charge in [0, 0.05) is 36.4 Å². The molecule has 3 fully saturated rings. The van der Waals surface area contributed by atoms with Crippen LogP contribution in [0.15, 0.2) is 71.1 Å². The van der Waals surface area contributed by atoms with Gasteiger partial charge in [-0.1, -0.05) is 88.8 Å². The number of methoxy groups -OCH3 is 1. The summed E-state index contributed by atoms with van der Waals surface area (Å²) in [5, 5.41) is 12.5. The summed E-state index contributed by atoms with van der Waals surface area (Å²) in [5.74, 6) is 4.55. The number of fused-ring (bicyclic) bond motifs is 3. The second-order valence-electron chi connectivity index (χ2n) is 16.1. The smallest absolute Gasteiger partial charge is 0.343 e. The zero-order valence-electron chi connectivity index (χ0n) is 30.4. The number of unbranched alkanes of at least 4 members (excludes halogenated alkanes) is 2. The number of hydrogen-bond acceptors (Lipinski definition) is 6. The molecule has 1 aromatic rings. The van der Waals surface area contributed by atoms with E-state index in [-0.39, 0.29) is 35.8 Å². The number of aryl methyl sites for hydroxylation is 1. The average molecular weight is 670 g/mol. The van der Waals surface area contributed by atoms with Gasteiger partial charge in [0.2, 0.25) is 5.76 Å². The Balaban J connectivity index is 1.18. The highest BCUT2D eigenvalue weighted by Gasteiger charge is 2.52. The molecule has 0 bridgehead atoms. The lowest BCUT2D eigenvalue weighted by molar-refractivity contribution is -0.133. The lowest BCUT2D eigenvalue weighted by atomic mass is 9.70. The van der Waals surface area contributed by atoms with Crippen LogP contribution in [0, 0.1) is 35.5 Å². The molecule has 266 valence electrons. The molecule has 0 radical (unpaired) electrons. The van der Waals surface area contributed by atoms with E-state index >= 15 is 0 Å². The normalized spacial score (nSPS) is 34.3. The fraction of sp³-hybridized carbons (Fsp3) is 0.651. The lowest BCUT2D eigenvalue weighted by Gasteiger charge is -2.50. The molecule has 4 heterocycles. The van der Waals surface area contributed by atoms with E-state index in [0.29, 0.717) is 34.7 Å². The minimum absolute atomic E-state index is 0.00969. The zero-order valence-corrected chi connectivity index (χ0v) is 30.4. The molecule has 0 spiro atoms. The summed E-state index contributed by atoms with van der Waals surface area (Å²) in [4.78, 5) is 15.3. The Bertz CT molecular complexity index is 1480. The van der Waals surface area contributed by atoms with Crippen LogP contribution in [0.25, 0.3) is 0 Å². The van der Waals surface area contributed by atoms with Crippen molar-refractivity contribution >= 4 is 5.97 Å². The maximum Gasteiger partial charge on any atom is 0.343 e. The second-order valence-corrected chi connectivity index (χ2v) is 16.1. The van der Waals surface area contributed by atoms with Crippen LogP contribution in [-0.2, 0) is 31.8 Å². The second kappa shape index (κ2) is 15.2. The molecule has 1 saturated carbocycles. The summed E-state index contributed by atoms with van der Waals surface area (Å²) in [6, 6.07) is 9.61. The van der Waals surface area contributed by atoms with Crippen LogP contribution < -0.4 is 0 Å². The Labute approximate surface area is 294 Å². The van der Waals surface area contributed by atoms with Gasteiger partial charge in [0.1, 0.15) is 5.76 Å². The first-order valence-corrected chi connectivity index (χ1v) is 19.6. The third-order valence-corrected chi connectivity index (χ3v) is 13.0. The highest BCUT2D eigenvalue weighted by atomic mass is 16.6. The average Bonchev–Trinajstić information content (AvgIpc) is 3.80. The van der Waals surface area contributed by atoms with Gasteiger partial charge in [-0.15, -0.1) is 0 Å². The van der Waals surface area contributed by atoms with E-state index < -0.39 is 6.10 Å². The molecule has 7 rings (SSSR count). The molecule has 4 aliphatic heterocycles. The number of piperidine rings is 1. The van der Waals surface area contributed by atoms with Gasteiger partial charge in [0.15, 0.2) is 11.5 Å². The molecule has 0 amide bonds. The number of carbonyl (C=O) groups excluding carboxylic acids is 1. The Kier molecular flexibility index (Phi) is 10.7. The van der Waals surface area contributed by atoms with Crippen LogP contribution in [0.3, 0.4) is 0 Å². The van der Waals surface area contributed by atoms with Crippen LogP contribution in [0.4, 0.5) is 0 Å². The first-order chi connectivity index (χ1) is 23.9. The molecule has 1 N–H and O–H groups in total. The van der Waals surface area contributed by atoms with Crippen LogP contribution in [0.2, 0.25) is 0 Å². The van der Waals surface area contributed by atoms with E-state index in [1.165, 1.54) is 62.5 Å². The summed E-state index contributed by atoms with van der Waals surface area (Å²) in [7, 11) is 1.59. The van der Waals surface area contributed by atoms with Crippen LogP contribution >= 0.6 is 0 Å². The lowest BCUT2D eigenvalue weighted by Crippen LogP contribution is -2.58. The van der Waals surface area contributed by atoms with E-state index in [0.717, 1.165) is 56.7 Å². The summed E-state index contributed by atoms with van der Waals surface area (Å²) < 4.78 is 18.1. The maximum absolute atomic E-state index is 12.6. The number of hydrogen-bond donors (Lipinski definition) is 1. The Morgan fingerprint density at radius 1 is 1.06 bits per heavy atom. The number of rotatable bonds is 10. The molecule has 1 aromatic carbocycles. The number of aliphatic hydroxyl groups is 1. The molecule has 6 nitrogen and oxygen atoms in total. The number of esters is 1. The third kappa shape index (κ3) is 7.06. The van der Waals surface area contributed by atoms with Crippen LogP contribution in [0.1, 0.15) is 109 Å². The number of aliphatic hydroxyl groups excluding tert-OH is 1. The molecular weight excluding hydrogens is 610 g/mol. The van der Waals surface area contributed by atoms with E-state index in [4.69, 9.17) is 14.2 Å². The Hall–Kier alpha value is -2.83. The van der Waals surface area contributed by atoms with Gasteiger partial charge in [-0.2, -0.15) is 0 Å². The van der Waals surface area contributed by atoms with Crippen molar-refractivity contribution < 1.29 is 24.1 Å². The van der Waals surface area contributed by atoms with E-state index in [9.17, 15) is 9.90 Å². The monoisotopic (exact) mass is 669 g/mol. The summed E-state index contributed by atoms with van der Waals surface area (Å²) in [5.41, 5.74) is 3.35. The van der Waals surface area contributed by atoms with E-state index in [1.807, 2.05) is 0 Å². The molecule has 2 saturated heterocycles. The Morgan fingerprint density at radius 2 is 1.88 bits per heavy atom. The van der Waals surface area contributed by atoms with Gasteiger partial charge in [-0.3, -0.25) is 4.90 Å². The molecule has 0 aromatic heterocycles. The number of nitrogens with zero attached hydrogens (tertiary/aromatic N) is 1. The van der Waals surface area contributed by atoms with Gasteiger partial charge in [0.25, 0.3) is 0 Å². The highest BCUT2D eigenvalue weighted by molar-refractivity contribution is 5.93. The molecule has 6 aliphatic rings. The number of cyclic esters (lactones) is 1. The van der Waals surface area contributed by atoms with Crippen molar-refractivity contribution in [2.24, 2.45) is 35.5 Å². The quantitative estimate of drug-likeness (QED) is 0.153. The predicted octanol–water partition coefficient (Wildman–Crippen LogP) is 8.80. The van der Waals surface area contributed by atoms with Crippen molar-refractivity contribution in [2.45, 2.75) is 129 Å². The van der Waals surface area contributed by atoms with Crippen molar-refractivity contribution in [1.29, 1.82) is 0 Å². The SMILES string of the molecule is CCCCCc1cccc(C[C@H]2C[C@@H]3[C@H]4C(=CCCN3[C@H]([C@@H](O)[C@H]3C=CC[C@@H](C5CCCC5)C3)C2)OC(=C2OC(=O)C(C)=C2OC)[C@H]4C)c1. The van der Waals surface area contributed by atoms with Gasteiger partial charge < -0.3 is 19.3 Å². The first-order valence-electron chi connectivity index (χ1n) is 19.6. The molecule has 6 heteroatoms. The molecule has 8 atom stereocenters. The van der Waals surface area contributed by atoms with Gasteiger partial charge in [-0.25, -0.2) is 4.79 Å². The summed E-state index contributed by atoms with van der Waals surface area (Å²) in [6.07, 6.45) is 23.2. The van der Waals surface area contributed by atoms with Crippen molar-refractivity contribution in [2.75, 3.05) is 13.7 Å². The van der Waals surface area contributed by atoms with Crippen molar-refractivity contribution in [3.05, 3.63) is 82.2 Å². The standard InChI is InChI=1S/C43H59NO5/c1-5-6-7-13-29-14-10-15-30(22-29)23-31-24-35-38-27(2)41(42-40(47-4)28(3)43(46)49-42)48-37(38)20-12-21-44(35)36(25-31)39(45)34-19-11-18-33(26-34)32-16-8-9-17-32/h10-11,14-15,19-20,22,27,31-36,38-39,45H,5-9,12-13,16-18,21,23-26H2,1-4H3/t27-,31-,33+,34-,35+,36-,38-,39-/m0/s1. The van der Waals surface area contributed by atoms with Gasteiger partial charge >= 0.3 is 5.97 Å². The van der Waals surface area contributed by atoms with Crippen LogP contribution in [-0.4, -0.2) is 47.8 Å². The van der Waals surface area contributed by atoms with Gasteiger partial charge in [-0.05, 0) is 93.2 Å². The van der Waals surface area contributed by atoms with Crippen LogP contribution in [0.5, 0.6) is 0 Å². The fourth-order valence-electron chi connectivity index (χ4n) is 10.5. The summed E-state index contributed by atoms with van der Waals surface area (Å²) >= 11 is 0. The number of allylic oxidation sites excluding steroid dienone is 2. The van der Waals surface area contributed by atoms with Crippen molar-refractivity contribution in [3.63, 3.8) is 0 Å². The Morgan fingerprint density at radius 3 is 2.67 bits per heavy atom. The topological polar surface area (TPSA) is 68.2 Å². The number of ether oxygens (including phenoxy) is 3. The minimum Gasteiger partial charge on any atom is -0.492 e. The highest BCUT2D eigenvalue weighted by Crippen LogP contribution is 2.51. The largest absolute Gasteiger partial charge is 0.492 e. The zero-order chi connectivity index (χ0) is 34.1. The minimum atomic E-state index is -0.399. The molecule has 2 aliphatic carbocycles. The predicted molar refractivity (Wildman–Crippen MR) is 193 cm³/mol. The molecule has 49 heavy (non-hydrogen) atoms. The third-order valence-electron chi connectivity index (χ3n) is 13.0. The van der Waals surface area contributed by atoms with E-state index in [2.05, 4.69) is 61.2 Å². The van der Waals surface area contributed by atoms with Crippen molar-refractivity contribution in [1.82, 2.24) is 4.90 Å². The van der Waals surface area contributed by atoms with E-state index in [1.54, 1.807) is 14.0 Å². The van der Waals surface area contributed by atoms with Gasteiger partial charge in [0.05, 0.1) is 18.8 Å². The number of carbonyl (C=O) groups is 1.